The number of hydrogen-bond donors (Lipinski definition) is 2. The summed E-state index contributed by atoms with van der Waals surface area (Å²) in [4.78, 5) is 0. The summed E-state index contributed by atoms with van der Waals surface area (Å²) in [6, 6.07) is 0. The first-order valence-electron chi connectivity index (χ1n) is 3.78. The number of nitrogens with two attached hydrogens (primary N) is 1. The monoisotopic (exact) mass is 176 g/mol. The molecule has 0 aromatic heterocycles. The quantitative estimate of drug-likeness (QED) is 0.290. The molecule has 0 rings (SSSR count). The maximum Gasteiger partial charge on any atom is 0.140 e. The topological polar surface area (TPSA) is 58.6 Å². The van der Waals surface area contributed by atoms with Gasteiger partial charge in [-0.25, -0.2) is 0 Å². The average molecular weight is 176 g/mol. The highest BCUT2D eigenvalue weighted by Gasteiger charge is 2.03. The van der Waals surface area contributed by atoms with Gasteiger partial charge < -0.3 is 10.9 Å². The molecule has 0 aromatic carbocycles. The zero-order chi connectivity index (χ0) is 8.69. The largest absolute Gasteiger partial charge is 0.409 e. The molecule has 0 heterocycles. The van der Waals surface area contributed by atoms with Gasteiger partial charge in [0.2, 0.25) is 0 Å². The lowest BCUT2D eigenvalue weighted by molar-refractivity contribution is 0.317. The van der Waals surface area contributed by atoms with E-state index >= 15 is 0 Å². The Hall–Kier alpha value is -0.380. The predicted octanol–water partition coefficient (Wildman–Crippen LogP) is 1.65. The third kappa shape index (κ3) is 6.04. The van der Waals surface area contributed by atoms with Crippen LogP contribution in [0, 0.1) is 0 Å². The number of rotatable bonds is 5. The molecule has 0 bridgehead atoms. The van der Waals surface area contributed by atoms with Gasteiger partial charge in [-0.2, -0.15) is 11.8 Å². The Morgan fingerprint density at radius 3 is 2.82 bits per heavy atom. The van der Waals surface area contributed by atoms with Crippen molar-refractivity contribution in [3.8, 4) is 0 Å². The van der Waals surface area contributed by atoms with Gasteiger partial charge in [0.15, 0.2) is 0 Å². The summed E-state index contributed by atoms with van der Waals surface area (Å²) in [7, 11) is 0. The van der Waals surface area contributed by atoms with Gasteiger partial charge in [-0.05, 0) is 12.2 Å². The Labute approximate surface area is 72.0 Å². The molecule has 3 N–H and O–H groups in total. The molecule has 66 valence electrons. The summed E-state index contributed by atoms with van der Waals surface area (Å²) in [5.74, 6) is 1.46. The van der Waals surface area contributed by atoms with Crippen LogP contribution in [0.5, 0.6) is 0 Å². The third-order valence-corrected chi connectivity index (χ3v) is 2.61. The Morgan fingerprint density at radius 2 is 2.36 bits per heavy atom. The number of hydrogen-bond acceptors (Lipinski definition) is 3. The van der Waals surface area contributed by atoms with Crippen LogP contribution in [0.4, 0.5) is 0 Å². The smallest absolute Gasteiger partial charge is 0.140 e. The standard InChI is InChI=1S/C7H16N2OS/c1-3-4-11-6(2)5-7(8)9-10/h6,10H,3-5H2,1-2H3,(H2,8,9). The van der Waals surface area contributed by atoms with E-state index in [2.05, 4.69) is 19.0 Å². The van der Waals surface area contributed by atoms with Gasteiger partial charge in [0.05, 0.1) is 0 Å². The van der Waals surface area contributed by atoms with Crippen LogP contribution in [0.2, 0.25) is 0 Å². The van der Waals surface area contributed by atoms with Crippen LogP contribution >= 0.6 is 11.8 Å². The fraction of sp³-hybridized carbons (Fsp3) is 0.857. The van der Waals surface area contributed by atoms with Crippen molar-refractivity contribution < 1.29 is 5.21 Å². The number of oxime groups is 1. The number of thioether (sulfide) groups is 1. The van der Waals surface area contributed by atoms with Gasteiger partial charge in [0.25, 0.3) is 0 Å². The van der Waals surface area contributed by atoms with Gasteiger partial charge in [-0.1, -0.05) is 19.0 Å². The third-order valence-electron chi connectivity index (χ3n) is 1.23. The highest BCUT2D eigenvalue weighted by Crippen LogP contribution is 2.14. The summed E-state index contributed by atoms with van der Waals surface area (Å²) in [6.45, 7) is 4.22. The lowest BCUT2D eigenvalue weighted by Crippen LogP contribution is -2.16. The predicted molar refractivity (Wildman–Crippen MR) is 50.2 cm³/mol. The van der Waals surface area contributed by atoms with Crippen LogP contribution < -0.4 is 5.73 Å². The van der Waals surface area contributed by atoms with Crippen molar-refractivity contribution in [3.05, 3.63) is 0 Å². The van der Waals surface area contributed by atoms with Crippen LogP contribution in [-0.4, -0.2) is 22.0 Å². The molecule has 0 aliphatic carbocycles. The molecule has 4 heteroatoms. The molecule has 0 fully saturated rings. The van der Waals surface area contributed by atoms with E-state index in [1.807, 2.05) is 11.8 Å². The van der Waals surface area contributed by atoms with Gasteiger partial charge >= 0.3 is 0 Å². The molecule has 0 spiro atoms. The van der Waals surface area contributed by atoms with Crippen molar-refractivity contribution in [3.63, 3.8) is 0 Å². The van der Waals surface area contributed by atoms with Crippen molar-refractivity contribution in [2.24, 2.45) is 10.9 Å². The lowest BCUT2D eigenvalue weighted by atomic mass is 10.3. The van der Waals surface area contributed by atoms with Crippen LogP contribution in [0.15, 0.2) is 5.16 Å². The minimum absolute atomic E-state index is 0.320. The molecule has 0 saturated carbocycles. The van der Waals surface area contributed by atoms with E-state index in [4.69, 9.17) is 10.9 Å². The summed E-state index contributed by atoms with van der Waals surface area (Å²) in [6.07, 6.45) is 1.84. The van der Waals surface area contributed by atoms with E-state index in [9.17, 15) is 0 Å². The van der Waals surface area contributed by atoms with E-state index in [0.29, 0.717) is 17.5 Å². The van der Waals surface area contributed by atoms with E-state index in [1.165, 1.54) is 6.42 Å². The zero-order valence-corrected chi connectivity index (χ0v) is 7.90. The minimum atomic E-state index is 0.320. The Balaban J connectivity index is 3.43. The molecule has 0 amide bonds. The first-order chi connectivity index (χ1) is 5.20. The molecule has 0 aliphatic heterocycles. The SMILES string of the molecule is CCCSC(C)CC(N)=NO. The van der Waals surface area contributed by atoms with Crippen molar-refractivity contribution >= 4 is 17.6 Å². The Bertz CT molecular complexity index is 128. The molecular formula is C7H16N2OS. The second-order valence-electron chi connectivity index (χ2n) is 2.48. The average Bonchev–Trinajstić information content (AvgIpc) is 2.00. The summed E-state index contributed by atoms with van der Waals surface area (Å²) < 4.78 is 0. The van der Waals surface area contributed by atoms with Gasteiger partial charge in [-0.15, -0.1) is 0 Å². The van der Waals surface area contributed by atoms with Gasteiger partial charge in [0.1, 0.15) is 5.84 Å². The fourth-order valence-corrected chi connectivity index (χ4v) is 1.64. The van der Waals surface area contributed by atoms with Crippen LogP contribution in [-0.2, 0) is 0 Å². The first kappa shape index (κ1) is 10.6. The maximum absolute atomic E-state index is 8.26. The Morgan fingerprint density at radius 1 is 1.73 bits per heavy atom. The maximum atomic E-state index is 8.26. The fourth-order valence-electron chi connectivity index (χ4n) is 0.713. The second kappa shape index (κ2) is 6.34. The van der Waals surface area contributed by atoms with Gasteiger partial charge in [-0.3, -0.25) is 0 Å². The van der Waals surface area contributed by atoms with Gasteiger partial charge in [0, 0.05) is 11.7 Å². The summed E-state index contributed by atoms with van der Waals surface area (Å²) in [5.41, 5.74) is 5.33. The highest BCUT2D eigenvalue weighted by atomic mass is 32.2. The van der Waals surface area contributed by atoms with E-state index < -0.39 is 0 Å². The first-order valence-corrected chi connectivity index (χ1v) is 4.83. The zero-order valence-electron chi connectivity index (χ0n) is 7.08. The normalized spacial score (nSPS) is 14.9. The van der Waals surface area contributed by atoms with Crippen LogP contribution in [0.1, 0.15) is 26.7 Å². The van der Waals surface area contributed by atoms with E-state index in [0.717, 1.165) is 5.75 Å². The van der Waals surface area contributed by atoms with Crippen molar-refractivity contribution in [1.82, 2.24) is 0 Å². The molecule has 0 aliphatic rings. The molecule has 3 nitrogen and oxygen atoms in total. The van der Waals surface area contributed by atoms with E-state index in [1.54, 1.807) is 0 Å². The molecule has 0 radical (unpaired) electrons. The summed E-state index contributed by atoms with van der Waals surface area (Å²) in [5, 5.41) is 11.6. The van der Waals surface area contributed by atoms with Crippen LogP contribution in [0.25, 0.3) is 0 Å². The summed E-state index contributed by atoms with van der Waals surface area (Å²) >= 11 is 1.85. The van der Waals surface area contributed by atoms with E-state index in [-0.39, 0.29) is 0 Å². The Kier molecular flexibility index (Phi) is 6.12. The minimum Gasteiger partial charge on any atom is -0.409 e. The number of nitrogens with zero attached hydrogens (tertiary/aromatic N) is 1. The van der Waals surface area contributed by atoms with Crippen molar-refractivity contribution in [2.45, 2.75) is 31.9 Å². The second-order valence-corrected chi connectivity index (χ2v) is 4.02. The molecule has 0 saturated heterocycles. The van der Waals surface area contributed by atoms with Crippen LogP contribution in [0.3, 0.4) is 0 Å². The molecule has 1 unspecified atom stereocenters. The molecule has 1 atom stereocenters. The number of amidine groups is 1. The molecule has 0 aromatic rings. The lowest BCUT2D eigenvalue weighted by Gasteiger charge is -2.07. The van der Waals surface area contributed by atoms with Crippen molar-refractivity contribution in [1.29, 1.82) is 0 Å². The highest BCUT2D eigenvalue weighted by molar-refractivity contribution is 7.99. The van der Waals surface area contributed by atoms with Crippen molar-refractivity contribution in [2.75, 3.05) is 5.75 Å². The molecular weight excluding hydrogens is 160 g/mol. The molecule has 11 heavy (non-hydrogen) atoms.